The van der Waals surface area contributed by atoms with Crippen molar-refractivity contribution in [1.82, 2.24) is 10.2 Å². The molecule has 1 aromatic heterocycles. The van der Waals surface area contributed by atoms with Crippen LogP contribution >= 0.6 is 22.9 Å². The molecule has 0 aromatic carbocycles. The summed E-state index contributed by atoms with van der Waals surface area (Å²) >= 11 is 7.77. The molecule has 0 bridgehead atoms. The summed E-state index contributed by atoms with van der Waals surface area (Å²) in [6, 6.07) is 4.20. The second-order valence-electron chi connectivity index (χ2n) is 6.04. The van der Waals surface area contributed by atoms with Gasteiger partial charge in [0.05, 0.1) is 4.34 Å². The quantitative estimate of drug-likeness (QED) is 0.891. The van der Waals surface area contributed by atoms with Crippen molar-refractivity contribution in [2.45, 2.75) is 50.6 Å². The molecule has 2 nitrogen and oxygen atoms in total. The van der Waals surface area contributed by atoms with E-state index in [1.54, 1.807) is 11.3 Å². The SMILES string of the molecule is Clc1ccc(CN2CCCNC3(CCCCC3)C2)s1. The van der Waals surface area contributed by atoms with Gasteiger partial charge in [-0.05, 0) is 44.5 Å². The summed E-state index contributed by atoms with van der Waals surface area (Å²) in [7, 11) is 0. The van der Waals surface area contributed by atoms with Crippen LogP contribution in [0.3, 0.4) is 0 Å². The molecular formula is C15H23ClN2S. The minimum Gasteiger partial charge on any atom is -0.310 e. The van der Waals surface area contributed by atoms with Gasteiger partial charge in [-0.25, -0.2) is 0 Å². The minimum atomic E-state index is 0.399. The van der Waals surface area contributed by atoms with Gasteiger partial charge < -0.3 is 5.32 Å². The lowest BCUT2D eigenvalue weighted by molar-refractivity contribution is 0.160. The lowest BCUT2D eigenvalue weighted by Gasteiger charge is -2.40. The average Bonchev–Trinajstić information content (AvgIpc) is 2.71. The zero-order chi connectivity index (χ0) is 13.1. The lowest BCUT2D eigenvalue weighted by atomic mass is 9.81. The van der Waals surface area contributed by atoms with Crippen LogP contribution in [0.4, 0.5) is 0 Å². The highest BCUT2D eigenvalue weighted by molar-refractivity contribution is 7.16. The number of nitrogens with zero attached hydrogens (tertiary/aromatic N) is 1. The van der Waals surface area contributed by atoms with Crippen LogP contribution in [0, 0.1) is 0 Å². The Morgan fingerprint density at radius 2 is 2.05 bits per heavy atom. The predicted molar refractivity (Wildman–Crippen MR) is 83.0 cm³/mol. The van der Waals surface area contributed by atoms with Crippen LogP contribution in [0.1, 0.15) is 43.4 Å². The standard InChI is InChI=1S/C15H23ClN2S/c16-14-6-5-13(19-14)11-18-10-4-9-17-15(12-18)7-2-1-3-8-15/h5-6,17H,1-4,7-12H2. The third-order valence-electron chi connectivity index (χ3n) is 4.50. The molecule has 1 saturated carbocycles. The normalized spacial score (nSPS) is 24.5. The molecule has 19 heavy (non-hydrogen) atoms. The smallest absolute Gasteiger partial charge is 0.0931 e. The largest absolute Gasteiger partial charge is 0.310 e. The third-order valence-corrected chi connectivity index (χ3v) is 5.71. The van der Waals surface area contributed by atoms with Crippen molar-refractivity contribution < 1.29 is 0 Å². The summed E-state index contributed by atoms with van der Waals surface area (Å²) in [5.41, 5.74) is 0.399. The summed E-state index contributed by atoms with van der Waals surface area (Å²) in [6.45, 7) is 4.68. The Hall–Kier alpha value is -0.0900. The molecule has 2 fully saturated rings. The molecule has 0 atom stereocenters. The second-order valence-corrected chi connectivity index (χ2v) is 7.84. The number of thiophene rings is 1. The fourth-order valence-electron chi connectivity index (χ4n) is 3.57. The average molecular weight is 299 g/mol. The number of hydrogen-bond acceptors (Lipinski definition) is 3. The van der Waals surface area contributed by atoms with Gasteiger partial charge in [0.15, 0.2) is 0 Å². The van der Waals surface area contributed by atoms with E-state index in [1.807, 2.05) is 6.07 Å². The molecule has 1 aliphatic carbocycles. The Labute approximate surface area is 125 Å². The Balaban J connectivity index is 1.67. The van der Waals surface area contributed by atoms with E-state index in [0.717, 1.165) is 10.9 Å². The van der Waals surface area contributed by atoms with Crippen molar-refractivity contribution in [3.63, 3.8) is 0 Å². The van der Waals surface area contributed by atoms with Gasteiger partial charge in [0.2, 0.25) is 0 Å². The summed E-state index contributed by atoms with van der Waals surface area (Å²) < 4.78 is 0.912. The van der Waals surface area contributed by atoms with Crippen molar-refractivity contribution >= 4 is 22.9 Å². The number of nitrogens with one attached hydrogen (secondary N) is 1. The number of rotatable bonds is 2. The van der Waals surface area contributed by atoms with Gasteiger partial charge in [0.1, 0.15) is 0 Å². The number of hydrogen-bond donors (Lipinski definition) is 1. The van der Waals surface area contributed by atoms with Gasteiger partial charge in [-0.3, -0.25) is 4.90 Å². The van der Waals surface area contributed by atoms with Gasteiger partial charge >= 0.3 is 0 Å². The molecule has 1 N–H and O–H groups in total. The van der Waals surface area contributed by atoms with Crippen molar-refractivity contribution in [1.29, 1.82) is 0 Å². The van der Waals surface area contributed by atoms with E-state index in [1.165, 1.54) is 63.0 Å². The maximum Gasteiger partial charge on any atom is 0.0931 e. The molecular weight excluding hydrogens is 276 g/mol. The zero-order valence-electron chi connectivity index (χ0n) is 11.5. The van der Waals surface area contributed by atoms with Crippen molar-refractivity contribution in [2.75, 3.05) is 19.6 Å². The molecule has 1 spiro atoms. The highest BCUT2D eigenvalue weighted by Crippen LogP contribution is 2.31. The Kier molecular flexibility index (Phi) is 4.47. The second kappa shape index (κ2) is 6.13. The maximum absolute atomic E-state index is 6.04. The first kappa shape index (κ1) is 13.9. The maximum atomic E-state index is 6.04. The zero-order valence-corrected chi connectivity index (χ0v) is 13.0. The molecule has 1 saturated heterocycles. The minimum absolute atomic E-state index is 0.399. The molecule has 106 valence electrons. The van der Waals surface area contributed by atoms with Crippen molar-refractivity contribution in [2.24, 2.45) is 0 Å². The van der Waals surface area contributed by atoms with Crippen LogP contribution in [0.2, 0.25) is 4.34 Å². The monoisotopic (exact) mass is 298 g/mol. The first-order valence-electron chi connectivity index (χ1n) is 7.47. The molecule has 1 aliphatic heterocycles. The van der Waals surface area contributed by atoms with Crippen LogP contribution in [0.5, 0.6) is 0 Å². The topological polar surface area (TPSA) is 15.3 Å². The molecule has 0 radical (unpaired) electrons. The Morgan fingerprint density at radius 3 is 2.79 bits per heavy atom. The van der Waals surface area contributed by atoms with Crippen LogP contribution in [-0.4, -0.2) is 30.1 Å². The van der Waals surface area contributed by atoms with E-state index in [4.69, 9.17) is 11.6 Å². The fourth-order valence-corrected chi connectivity index (χ4v) is 4.70. The van der Waals surface area contributed by atoms with Gasteiger partial charge in [0.25, 0.3) is 0 Å². The molecule has 3 rings (SSSR count). The van der Waals surface area contributed by atoms with Gasteiger partial charge in [-0.1, -0.05) is 30.9 Å². The predicted octanol–water partition coefficient (Wildman–Crippen LogP) is 3.90. The van der Waals surface area contributed by atoms with Crippen LogP contribution < -0.4 is 5.32 Å². The molecule has 1 aromatic rings. The molecule has 0 amide bonds. The fraction of sp³-hybridized carbons (Fsp3) is 0.733. The Bertz CT molecular complexity index is 412. The lowest BCUT2D eigenvalue weighted by Crippen LogP contribution is -2.52. The molecule has 4 heteroatoms. The van der Waals surface area contributed by atoms with Gasteiger partial charge in [-0.2, -0.15) is 0 Å². The molecule has 2 heterocycles. The van der Waals surface area contributed by atoms with E-state index < -0.39 is 0 Å². The highest BCUT2D eigenvalue weighted by Gasteiger charge is 2.34. The highest BCUT2D eigenvalue weighted by atomic mass is 35.5. The first-order valence-corrected chi connectivity index (χ1v) is 8.67. The molecule has 2 aliphatic rings. The number of halogens is 1. The van der Waals surface area contributed by atoms with Gasteiger partial charge in [0, 0.05) is 23.5 Å². The van der Waals surface area contributed by atoms with E-state index in [0.29, 0.717) is 5.54 Å². The van der Waals surface area contributed by atoms with Crippen LogP contribution in [0.15, 0.2) is 12.1 Å². The van der Waals surface area contributed by atoms with E-state index in [2.05, 4.69) is 16.3 Å². The summed E-state index contributed by atoms with van der Waals surface area (Å²) in [5.74, 6) is 0. The summed E-state index contributed by atoms with van der Waals surface area (Å²) in [5, 5.41) is 3.85. The summed E-state index contributed by atoms with van der Waals surface area (Å²) in [6.07, 6.45) is 8.19. The first-order chi connectivity index (χ1) is 9.26. The van der Waals surface area contributed by atoms with Crippen LogP contribution in [-0.2, 0) is 6.54 Å². The molecule has 0 unspecified atom stereocenters. The summed E-state index contributed by atoms with van der Waals surface area (Å²) in [4.78, 5) is 4.03. The van der Waals surface area contributed by atoms with Crippen molar-refractivity contribution in [3.8, 4) is 0 Å². The van der Waals surface area contributed by atoms with Gasteiger partial charge in [-0.15, -0.1) is 11.3 Å². The van der Waals surface area contributed by atoms with E-state index >= 15 is 0 Å². The van der Waals surface area contributed by atoms with E-state index in [-0.39, 0.29) is 0 Å². The Morgan fingerprint density at radius 1 is 1.21 bits per heavy atom. The third kappa shape index (κ3) is 3.52. The van der Waals surface area contributed by atoms with E-state index in [9.17, 15) is 0 Å². The van der Waals surface area contributed by atoms with Crippen LogP contribution in [0.25, 0.3) is 0 Å². The van der Waals surface area contributed by atoms with Crippen molar-refractivity contribution in [3.05, 3.63) is 21.3 Å².